The molecule has 0 amide bonds. The van der Waals surface area contributed by atoms with Crippen molar-refractivity contribution in [3.63, 3.8) is 0 Å². The van der Waals surface area contributed by atoms with E-state index in [1.807, 2.05) is 0 Å². The Morgan fingerprint density at radius 2 is 2.00 bits per heavy atom. The van der Waals surface area contributed by atoms with Gasteiger partial charge >= 0.3 is 0 Å². The zero-order chi connectivity index (χ0) is 16.7. The van der Waals surface area contributed by atoms with Gasteiger partial charge in [-0.25, -0.2) is 0 Å². The van der Waals surface area contributed by atoms with E-state index < -0.39 is 0 Å². The number of nitrogens with zero attached hydrogens (tertiary/aromatic N) is 1. The molecule has 5 heteroatoms. The number of hydrogen-bond acceptors (Lipinski definition) is 2. The van der Waals surface area contributed by atoms with E-state index in [1.54, 1.807) is 0 Å². The number of guanidine groups is 1. The van der Waals surface area contributed by atoms with Gasteiger partial charge < -0.3 is 15.7 Å². The summed E-state index contributed by atoms with van der Waals surface area (Å²) in [6.07, 6.45) is 3.68. The molecule has 1 aliphatic carbocycles. The van der Waals surface area contributed by atoms with E-state index in [0.717, 1.165) is 44.7 Å². The van der Waals surface area contributed by atoms with E-state index in [4.69, 9.17) is 4.99 Å². The van der Waals surface area contributed by atoms with Crippen LogP contribution in [0.4, 0.5) is 0 Å². The van der Waals surface area contributed by atoms with Gasteiger partial charge in [0, 0.05) is 25.0 Å². The Balaban J connectivity index is 0.00000288. The molecule has 3 N–H and O–H groups in total. The van der Waals surface area contributed by atoms with Crippen LogP contribution in [0.3, 0.4) is 0 Å². The summed E-state index contributed by atoms with van der Waals surface area (Å²) in [7, 11) is 0. The second-order valence-corrected chi connectivity index (χ2v) is 6.68. The van der Waals surface area contributed by atoms with Crippen LogP contribution >= 0.6 is 24.0 Å². The lowest BCUT2D eigenvalue weighted by Crippen LogP contribution is -2.45. The lowest BCUT2D eigenvalue weighted by Gasteiger charge is -2.27. The molecule has 1 aromatic rings. The molecule has 1 fully saturated rings. The minimum Gasteiger partial charge on any atom is -0.393 e. The van der Waals surface area contributed by atoms with E-state index in [2.05, 4.69) is 55.7 Å². The van der Waals surface area contributed by atoms with E-state index >= 15 is 0 Å². The van der Waals surface area contributed by atoms with Crippen molar-refractivity contribution in [2.75, 3.05) is 13.1 Å². The number of aryl methyl sites for hydroxylation is 1. The second kappa shape index (κ2) is 10.9. The first-order valence-electron chi connectivity index (χ1n) is 8.88. The van der Waals surface area contributed by atoms with Crippen molar-refractivity contribution in [2.45, 2.75) is 64.5 Å². The summed E-state index contributed by atoms with van der Waals surface area (Å²) < 4.78 is 0. The quantitative estimate of drug-likeness (QED) is 0.369. The minimum atomic E-state index is -0.117. The van der Waals surface area contributed by atoms with Crippen molar-refractivity contribution in [3.05, 3.63) is 35.4 Å². The number of nitrogens with one attached hydrogen (secondary N) is 2. The molecular weight excluding hydrogens is 413 g/mol. The van der Waals surface area contributed by atoms with E-state index in [-0.39, 0.29) is 30.1 Å². The Kier molecular flexibility index (Phi) is 9.66. The van der Waals surface area contributed by atoms with Gasteiger partial charge in [-0.05, 0) is 45.1 Å². The molecular formula is C19H32IN3O. The molecule has 4 nitrogen and oxygen atoms in total. The fourth-order valence-electron chi connectivity index (χ4n) is 3.04. The van der Waals surface area contributed by atoms with Gasteiger partial charge in [0.1, 0.15) is 0 Å². The van der Waals surface area contributed by atoms with Gasteiger partial charge in [-0.15, -0.1) is 24.0 Å². The topological polar surface area (TPSA) is 56.7 Å². The van der Waals surface area contributed by atoms with Crippen LogP contribution in [-0.4, -0.2) is 36.3 Å². The third-order valence-electron chi connectivity index (χ3n) is 4.52. The minimum absolute atomic E-state index is 0. The Morgan fingerprint density at radius 3 is 2.62 bits per heavy atom. The summed E-state index contributed by atoms with van der Waals surface area (Å²) >= 11 is 0. The zero-order valence-electron chi connectivity index (χ0n) is 15.1. The molecule has 0 radical (unpaired) electrons. The molecule has 1 unspecified atom stereocenters. The highest BCUT2D eigenvalue weighted by Crippen LogP contribution is 2.19. The summed E-state index contributed by atoms with van der Waals surface area (Å²) in [4.78, 5) is 4.76. The molecule has 0 aliphatic heterocycles. The molecule has 0 spiro atoms. The Hall–Kier alpha value is -0.820. The normalized spacial score (nSPS) is 22.4. The van der Waals surface area contributed by atoms with Gasteiger partial charge in [0.25, 0.3) is 0 Å². The van der Waals surface area contributed by atoms with Crippen molar-refractivity contribution in [3.8, 4) is 0 Å². The van der Waals surface area contributed by atoms with Crippen molar-refractivity contribution >= 4 is 29.9 Å². The molecule has 1 aliphatic rings. The van der Waals surface area contributed by atoms with Gasteiger partial charge in [-0.1, -0.05) is 36.8 Å². The van der Waals surface area contributed by atoms with Crippen molar-refractivity contribution in [2.24, 2.45) is 4.99 Å². The van der Waals surface area contributed by atoms with Crippen LogP contribution < -0.4 is 10.6 Å². The lowest BCUT2D eigenvalue weighted by atomic mass is 9.93. The number of benzene rings is 1. The summed E-state index contributed by atoms with van der Waals surface area (Å²) in [5.74, 6) is 1.30. The Labute approximate surface area is 163 Å². The van der Waals surface area contributed by atoms with Crippen LogP contribution in [0.1, 0.15) is 56.6 Å². The highest BCUT2D eigenvalue weighted by atomic mass is 127. The number of aliphatic imine (C=N–C) groups is 1. The van der Waals surface area contributed by atoms with Crippen LogP contribution in [0.5, 0.6) is 0 Å². The molecule has 24 heavy (non-hydrogen) atoms. The molecule has 1 saturated carbocycles. The van der Waals surface area contributed by atoms with Crippen molar-refractivity contribution < 1.29 is 5.11 Å². The lowest BCUT2D eigenvalue weighted by molar-refractivity contribution is 0.120. The summed E-state index contributed by atoms with van der Waals surface area (Å²) in [6.45, 7) is 8.07. The molecule has 0 bridgehead atoms. The smallest absolute Gasteiger partial charge is 0.191 e. The van der Waals surface area contributed by atoms with Gasteiger partial charge in [0.2, 0.25) is 0 Å². The van der Waals surface area contributed by atoms with Crippen LogP contribution in [0, 0.1) is 6.92 Å². The SMILES string of the molecule is CCNC(=NCC(C)c1cccc(C)c1)NC1CCC(O)CC1.I. The predicted octanol–water partition coefficient (Wildman–Crippen LogP) is 3.58. The average Bonchev–Trinajstić information content (AvgIpc) is 2.54. The van der Waals surface area contributed by atoms with E-state index in [9.17, 15) is 5.11 Å². The Morgan fingerprint density at radius 1 is 1.29 bits per heavy atom. The third kappa shape index (κ3) is 6.97. The first-order chi connectivity index (χ1) is 11.1. The van der Waals surface area contributed by atoms with Crippen molar-refractivity contribution in [1.29, 1.82) is 0 Å². The van der Waals surface area contributed by atoms with E-state index in [0.29, 0.717) is 12.0 Å². The molecule has 1 aromatic carbocycles. The predicted molar refractivity (Wildman–Crippen MR) is 112 cm³/mol. The fourth-order valence-corrected chi connectivity index (χ4v) is 3.04. The van der Waals surface area contributed by atoms with Crippen LogP contribution in [0.15, 0.2) is 29.3 Å². The van der Waals surface area contributed by atoms with Gasteiger partial charge in [-0.3, -0.25) is 4.99 Å². The zero-order valence-corrected chi connectivity index (χ0v) is 17.4. The second-order valence-electron chi connectivity index (χ2n) is 6.68. The average molecular weight is 445 g/mol. The summed E-state index contributed by atoms with van der Waals surface area (Å²) in [5, 5.41) is 16.5. The summed E-state index contributed by atoms with van der Waals surface area (Å²) in [6, 6.07) is 9.08. The Bertz CT molecular complexity index is 513. The monoisotopic (exact) mass is 445 g/mol. The van der Waals surface area contributed by atoms with E-state index in [1.165, 1.54) is 11.1 Å². The maximum absolute atomic E-state index is 9.62. The molecule has 0 aromatic heterocycles. The number of halogens is 1. The molecule has 2 rings (SSSR count). The largest absolute Gasteiger partial charge is 0.393 e. The first-order valence-corrected chi connectivity index (χ1v) is 8.88. The maximum atomic E-state index is 9.62. The number of aliphatic hydroxyl groups excluding tert-OH is 1. The van der Waals surface area contributed by atoms with Gasteiger partial charge in [0.05, 0.1) is 6.10 Å². The van der Waals surface area contributed by atoms with Crippen LogP contribution in [0.2, 0.25) is 0 Å². The maximum Gasteiger partial charge on any atom is 0.191 e. The van der Waals surface area contributed by atoms with Crippen LogP contribution in [0.25, 0.3) is 0 Å². The van der Waals surface area contributed by atoms with Gasteiger partial charge in [0.15, 0.2) is 5.96 Å². The highest BCUT2D eigenvalue weighted by molar-refractivity contribution is 14.0. The number of aliphatic hydroxyl groups is 1. The summed E-state index contributed by atoms with van der Waals surface area (Å²) in [5.41, 5.74) is 2.63. The standard InChI is InChI=1S/C19H31N3O.HI/c1-4-20-19(22-17-8-10-18(23)11-9-17)21-13-15(3)16-7-5-6-14(2)12-16;/h5-7,12,15,17-18,23H,4,8-11,13H2,1-3H3,(H2,20,21,22);1H. The first kappa shape index (κ1) is 21.2. The van der Waals surface area contributed by atoms with Crippen LogP contribution in [-0.2, 0) is 0 Å². The number of hydrogen-bond donors (Lipinski definition) is 3. The fraction of sp³-hybridized carbons (Fsp3) is 0.632. The molecule has 1 atom stereocenters. The molecule has 136 valence electrons. The molecule has 0 heterocycles. The number of rotatable bonds is 5. The highest BCUT2D eigenvalue weighted by Gasteiger charge is 2.20. The van der Waals surface area contributed by atoms with Crippen molar-refractivity contribution in [1.82, 2.24) is 10.6 Å². The third-order valence-corrected chi connectivity index (χ3v) is 4.52. The van der Waals surface area contributed by atoms with Gasteiger partial charge in [-0.2, -0.15) is 0 Å². The molecule has 0 saturated heterocycles.